The third-order valence-electron chi connectivity index (χ3n) is 4.34. The summed E-state index contributed by atoms with van der Waals surface area (Å²) < 4.78 is 31.4. The number of aromatic nitrogens is 1. The van der Waals surface area contributed by atoms with Crippen molar-refractivity contribution in [3.63, 3.8) is 0 Å². The molecule has 1 fully saturated rings. The van der Waals surface area contributed by atoms with E-state index in [-0.39, 0.29) is 6.42 Å². The van der Waals surface area contributed by atoms with E-state index >= 15 is 0 Å². The van der Waals surface area contributed by atoms with Crippen LogP contribution < -0.4 is 0 Å². The Labute approximate surface area is 158 Å². The summed E-state index contributed by atoms with van der Waals surface area (Å²) in [5, 5.41) is 0.404. The maximum atomic E-state index is 12.9. The minimum Gasteiger partial charge on any atom is -0.438 e. The van der Waals surface area contributed by atoms with Crippen molar-refractivity contribution in [2.45, 2.75) is 12.3 Å². The molecule has 1 aliphatic heterocycles. The van der Waals surface area contributed by atoms with Crippen molar-refractivity contribution < 1.29 is 18.0 Å². The fraction of sp³-hybridized carbons (Fsp3) is 0.200. The number of oxazole rings is 1. The molecule has 0 bridgehead atoms. The van der Waals surface area contributed by atoms with Crippen molar-refractivity contribution in [3.8, 4) is 23.5 Å². The van der Waals surface area contributed by atoms with Crippen molar-refractivity contribution in [2.24, 2.45) is 0 Å². The van der Waals surface area contributed by atoms with Crippen molar-refractivity contribution >= 4 is 28.6 Å². The molecule has 0 saturated carbocycles. The van der Waals surface area contributed by atoms with Crippen LogP contribution in [0.1, 0.15) is 16.2 Å². The van der Waals surface area contributed by atoms with E-state index in [1.54, 1.807) is 30.3 Å². The first-order chi connectivity index (χ1) is 12.9. The lowest BCUT2D eigenvalue weighted by Crippen LogP contribution is -2.58. The van der Waals surface area contributed by atoms with E-state index in [9.17, 15) is 13.6 Å². The first kappa shape index (κ1) is 17.5. The fourth-order valence-corrected chi connectivity index (χ4v) is 3.26. The molecular formula is C20H13ClF2N2O2. The number of likely N-dealkylation sites (tertiary alicyclic amines) is 1. The summed E-state index contributed by atoms with van der Waals surface area (Å²) in [6, 6.07) is 10.3. The Balaban J connectivity index is 1.60. The Hall–Kier alpha value is -2.91. The van der Waals surface area contributed by atoms with Crippen LogP contribution in [-0.4, -0.2) is 34.8 Å². The molecule has 0 N–H and O–H groups in total. The molecule has 1 aliphatic rings. The lowest BCUT2D eigenvalue weighted by molar-refractivity contribution is -0.113. The minimum absolute atomic E-state index is 0.271. The number of hydrogen-bond acceptors (Lipinski definition) is 3. The molecule has 7 heteroatoms. The van der Waals surface area contributed by atoms with Gasteiger partial charge in [0.05, 0.1) is 24.5 Å². The maximum absolute atomic E-state index is 12.9. The molecule has 0 atom stereocenters. The molecule has 4 rings (SSSR count). The summed E-state index contributed by atoms with van der Waals surface area (Å²) in [7, 11) is 0. The van der Waals surface area contributed by atoms with E-state index in [0.29, 0.717) is 27.6 Å². The number of carbonyl (C=O) groups is 1. The van der Waals surface area contributed by atoms with E-state index in [2.05, 4.69) is 10.9 Å². The van der Waals surface area contributed by atoms with Crippen LogP contribution in [0.15, 0.2) is 40.8 Å². The molecule has 4 nitrogen and oxygen atoms in total. The molecule has 3 aromatic rings. The Morgan fingerprint density at radius 2 is 1.96 bits per heavy atom. The lowest BCUT2D eigenvalue weighted by Gasteiger charge is -2.38. The average Bonchev–Trinajstić information content (AvgIpc) is 3.03. The van der Waals surface area contributed by atoms with Crippen LogP contribution in [-0.2, 0) is 6.42 Å². The van der Waals surface area contributed by atoms with E-state index in [4.69, 9.17) is 22.4 Å². The van der Waals surface area contributed by atoms with Crippen LogP contribution >= 0.6 is 11.6 Å². The normalized spacial score (nSPS) is 15.4. The molecule has 1 amide bonds. The Bertz CT molecular complexity index is 1080. The monoisotopic (exact) mass is 386 g/mol. The van der Waals surface area contributed by atoms with Gasteiger partial charge in [0, 0.05) is 5.56 Å². The first-order valence-electron chi connectivity index (χ1n) is 8.16. The number of halogens is 3. The lowest BCUT2D eigenvalue weighted by atomic mass is 10.0. The number of carbonyl (C=O) groups excluding carboxylic acids is 1. The van der Waals surface area contributed by atoms with E-state index in [0.717, 1.165) is 16.0 Å². The molecule has 2 heterocycles. The minimum atomic E-state index is -2.78. The highest BCUT2D eigenvalue weighted by Crippen LogP contribution is 2.32. The summed E-state index contributed by atoms with van der Waals surface area (Å²) >= 11 is 6.28. The van der Waals surface area contributed by atoms with Crippen LogP contribution in [0.25, 0.3) is 22.2 Å². The Morgan fingerprint density at radius 3 is 2.59 bits per heavy atom. The summed E-state index contributed by atoms with van der Waals surface area (Å²) in [6.45, 7) is -1.07. The number of benzene rings is 2. The zero-order valence-corrected chi connectivity index (χ0v) is 14.8. The zero-order chi connectivity index (χ0) is 19.2. The second-order valence-electron chi connectivity index (χ2n) is 6.39. The Morgan fingerprint density at radius 1 is 1.26 bits per heavy atom. The molecule has 1 saturated heterocycles. The second-order valence-corrected chi connectivity index (χ2v) is 6.80. The number of rotatable bonds is 3. The summed E-state index contributed by atoms with van der Waals surface area (Å²) in [4.78, 5) is 17.6. The van der Waals surface area contributed by atoms with Gasteiger partial charge >= 0.3 is 0 Å². The number of nitrogens with zero attached hydrogens (tertiary/aromatic N) is 2. The van der Waals surface area contributed by atoms with Gasteiger partial charge in [-0.25, -0.2) is 13.8 Å². The van der Waals surface area contributed by atoms with Crippen LogP contribution in [0.4, 0.5) is 8.78 Å². The van der Waals surface area contributed by atoms with Gasteiger partial charge in [-0.05, 0) is 35.4 Å². The van der Waals surface area contributed by atoms with E-state index < -0.39 is 24.9 Å². The molecule has 0 radical (unpaired) electrons. The van der Waals surface area contributed by atoms with Crippen molar-refractivity contribution in [1.82, 2.24) is 9.88 Å². The SMILES string of the molecule is C#CCc1nc2cc(-c3ccc(C(=O)N4CC(F)(F)C4)cc3)cc(Cl)c2o1. The van der Waals surface area contributed by atoms with Gasteiger partial charge in [0.2, 0.25) is 5.89 Å². The van der Waals surface area contributed by atoms with Crippen LogP contribution in [0.5, 0.6) is 0 Å². The van der Waals surface area contributed by atoms with Crippen molar-refractivity contribution in [3.05, 3.63) is 52.9 Å². The fourth-order valence-electron chi connectivity index (χ4n) is 3.01. The van der Waals surface area contributed by atoms with Crippen molar-refractivity contribution in [1.29, 1.82) is 0 Å². The predicted molar refractivity (Wildman–Crippen MR) is 97.8 cm³/mol. The quantitative estimate of drug-likeness (QED) is 0.626. The number of fused-ring (bicyclic) bond motifs is 1. The average molecular weight is 387 g/mol. The van der Waals surface area contributed by atoms with Crippen LogP contribution in [0, 0.1) is 12.3 Å². The first-order valence-corrected chi connectivity index (χ1v) is 8.54. The van der Waals surface area contributed by atoms with Crippen LogP contribution in [0.2, 0.25) is 5.02 Å². The number of hydrogen-bond donors (Lipinski definition) is 0. The topological polar surface area (TPSA) is 46.3 Å². The zero-order valence-electron chi connectivity index (χ0n) is 14.0. The summed E-state index contributed by atoms with van der Waals surface area (Å²) in [5.41, 5.74) is 3.02. The molecule has 0 spiro atoms. The smallest absolute Gasteiger partial charge is 0.282 e. The molecule has 136 valence electrons. The second kappa shape index (κ2) is 6.36. The molecule has 2 aromatic carbocycles. The third kappa shape index (κ3) is 3.26. The molecule has 0 aliphatic carbocycles. The van der Waals surface area contributed by atoms with Gasteiger partial charge < -0.3 is 9.32 Å². The summed E-state index contributed by atoms with van der Waals surface area (Å²) in [5.74, 6) is -0.302. The van der Waals surface area contributed by atoms with Gasteiger partial charge in [-0.1, -0.05) is 29.7 Å². The van der Waals surface area contributed by atoms with Crippen LogP contribution in [0.3, 0.4) is 0 Å². The van der Waals surface area contributed by atoms with Gasteiger partial charge in [-0.2, -0.15) is 0 Å². The molecular weight excluding hydrogens is 374 g/mol. The number of terminal acetylenes is 1. The molecule has 27 heavy (non-hydrogen) atoms. The standard InChI is InChI=1S/C20H13ClF2N2O2/c1-2-3-17-24-16-9-14(8-15(21)18(16)27-17)12-4-6-13(7-5-12)19(26)25-10-20(22,23)11-25/h1,4-9H,3,10-11H2. The maximum Gasteiger partial charge on any atom is 0.282 e. The highest BCUT2D eigenvalue weighted by Gasteiger charge is 2.46. The third-order valence-corrected chi connectivity index (χ3v) is 4.62. The van der Waals surface area contributed by atoms with Gasteiger partial charge in [0.1, 0.15) is 5.52 Å². The molecule has 0 unspecified atom stereocenters. The number of alkyl halides is 2. The largest absolute Gasteiger partial charge is 0.438 e. The van der Waals surface area contributed by atoms with Gasteiger partial charge in [-0.3, -0.25) is 4.79 Å². The van der Waals surface area contributed by atoms with Gasteiger partial charge in [-0.15, -0.1) is 6.42 Å². The van der Waals surface area contributed by atoms with Gasteiger partial charge in [0.15, 0.2) is 5.58 Å². The van der Waals surface area contributed by atoms with E-state index in [1.165, 1.54) is 0 Å². The highest BCUT2D eigenvalue weighted by molar-refractivity contribution is 6.35. The van der Waals surface area contributed by atoms with Crippen molar-refractivity contribution in [2.75, 3.05) is 13.1 Å². The summed E-state index contributed by atoms with van der Waals surface area (Å²) in [6.07, 6.45) is 5.55. The Kier molecular flexibility index (Phi) is 4.12. The van der Waals surface area contributed by atoms with Gasteiger partial charge in [0.25, 0.3) is 11.8 Å². The highest BCUT2D eigenvalue weighted by atomic mass is 35.5. The van der Waals surface area contributed by atoms with E-state index in [1.807, 2.05) is 6.07 Å². The number of amides is 1. The predicted octanol–water partition coefficient (Wildman–Crippen LogP) is 4.42. The molecule has 1 aromatic heterocycles.